The van der Waals surface area contributed by atoms with E-state index in [2.05, 4.69) is 27.9 Å². The number of thiophene rings is 1. The molecule has 25 heavy (non-hydrogen) atoms. The smallest absolute Gasteiger partial charge is 0.0789 e. The van der Waals surface area contributed by atoms with Crippen molar-refractivity contribution in [1.29, 1.82) is 0 Å². The lowest BCUT2D eigenvalue weighted by Crippen LogP contribution is -2.34. The minimum Gasteiger partial charge on any atom is -0.397 e. The highest BCUT2D eigenvalue weighted by Gasteiger charge is 2.20. The number of rotatable bonds is 3. The monoisotopic (exact) mass is 435 g/mol. The normalized spacial score (nSPS) is 15.2. The van der Waals surface area contributed by atoms with Crippen LogP contribution in [0.25, 0.3) is 0 Å². The maximum atomic E-state index is 6.14. The van der Waals surface area contributed by atoms with Gasteiger partial charge in [0.15, 0.2) is 0 Å². The Morgan fingerprint density at radius 3 is 2.44 bits per heavy atom. The Labute approximate surface area is 174 Å². The Morgan fingerprint density at radius 1 is 1.24 bits per heavy atom. The number of piperidine rings is 1. The van der Waals surface area contributed by atoms with Crippen molar-refractivity contribution in [3.63, 3.8) is 0 Å². The van der Waals surface area contributed by atoms with Crippen LogP contribution in [0, 0.1) is 0 Å². The van der Waals surface area contributed by atoms with Crippen molar-refractivity contribution in [2.24, 2.45) is 0 Å². The first-order valence-corrected chi connectivity index (χ1v) is 10.8. The Bertz CT molecular complexity index is 651. The average molecular weight is 436 g/mol. The van der Waals surface area contributed by atoms with Crippen LogP contribution in [0.4, 0.5) is 11.4 Å². The number of nitrogen functional groups attached to an aromatic ring is 1. The molecular formula is C17H23Cl2N3S3. The van der Waals surface area contributed by atoms with Gasteiger partial charge in [0.05, 0.1) is 24.8 Å². The molecule has 1 aliphatic rings. The number of nitrogens with two attached hydrogens (primary N) is 1. The molecule has 1 saturated heterocycles. The van der Waals surface area contributed by atoms with Crippen LogP contribution in [-0.2, 0) is 0 Å². The van der Waals surface area contributed by atoms with E-state index in [-0.39, 0.29) is 0 Å². The van der Waals surface area contributed by atoms with E-state index >= 15 is 0 Å². The predicted molar refractivity (Wildman–Crippen MR) is 118 cm³/mol. The molecule has 138 valence electrons. The van der Waals surface area contributed by atoms with E-state index in [4.69, 9.17) is 28.9 Å². The topological polar surface area (TPSA) is 32.5 Å². The fourth-order valence-corrected chi connectivity index (χ4v) is 5.36. The van der Waals surface area contributed by atoms with Gasteiger partial charge in [-0.3, -0.25) is 4.31 Å². The summed E-state index contributed by atoms with van der Waals surface area (Å²) in [7, 11) is 4.06. The van der Waals surface area contributed by atoms with Crippen LogP contribution in [0.2, 0.25) is 5.02 Å². The maximum absolute atomic E-state index is 6.14. The van der Waals surface area contributed by atoms with Crippen molar-refractivity contribution in [2.45, 2.75) is 26.6 Å². The lowest BCUT2D eigenvalue weighted by molar-refractivity contribution is 0.585. The lowest BCUT2D eigenvalue weighted by atomic mass is 10.1. The van der Waals surface area contributed by atoms with Gasteiger partial charge in [0.25, 0.3) is 0 Å². The van der Waals surface area contributed by atoms with Gasteiger partial charge in [0.2, 0.25) is 0 Å². The largest absolute Gasteiger partial charge is 0.397 e. The molecule has 0 saturated carbocycles. The van der Waals surface area contributed by atoms with E-state index < -0.39 is 0 Å². The van der Waals surface area contributed by atoms with Gasteiger partial charge in [-0.25, -0.2) is 0 Å². The summed E-state index contributed by atoms with van der Waals surface area (Å²) in [6.07, 6.45) is 1.98. The molecular weight excluding hydrogens is 413 g/mol. The molecule has 1 aromatic heterocycles. The lowest BCUT2D eigenvalue weighted by Gasteiger charge is -2.32. The molecule has 1 fully saturated rings. The summed E-state index contributed by atoms with van der Waals surface area (Å²) >= 11 is 19.8. The molecule has 1 aromatic carbocycles. The van der Waals surface area contributed by atoms with Crippen LogP contribution >= 0.6 is 59.1 Å². The standard InChI is InChI=1S/C11H14Cl2N2.C6H9NS3/c12-8-4-6-15(7-5-8)11-9(13)2-1-3-10(11)14;1-7(2)10-6-4-3-5(8)9-6/h1-3,8H,4-7,14H2;3-4,8H,1-2H3. The Balaban J connectivity index is 0.000000196. The van der Waals surface area contributed by atoms with Gasteiger partial charge in [-0.2, -0.15) is 0 Å². The summed E-state index contributed by atoms with van der Waals surface area (Å²) in [6, 6.07) is 9.72. The number of thiol groups is 1. The van der Waals surface area contributed by atoms with Gasteiger partial charge in [-0.15, -0.1) is 35.6 Å². The van der Waals surface area contributed by atoms with Crippen molar-refractivity contribution < 1.29 is 0 Å². The van der Waals surface area contributed by atoms with Gasteiger partial charge in [0, 0.05) is 18.5 Å². The maximum Gasteiger partial charge on any atom is 0.0789 e. The second-order valence-corrected chi connectivity index (χ2v) is 10.3. The van der Waals surface area contributed by atoms with E-state index in [1.807, 2.05) is 38.4 Å². The molecule has 0 unspecified atom stereocenters. The number of halogens is 2. The molecule has 3 nitrogen and oxygen atoms in total. The van der Waals surface area contributed by atoms with Crippen molar-refractivity contribution in [1.82, 2.24) is 4.31 Å². The quantitative estimate of drug-likeness (QED) is 0.278. The van der Waals surface area contributed by atoms with Gasteiger partial charge >= 0.3 is 0 Å². The molecule has 0 radical (unpaired) electrons. The molecule has 8 heteroatoms. The number of para-hydroxylation sites is 1. The van der Waals surface area contributed by atoms with Crippen LogP contribution in [0.5, 0.6) is 0 Å². The summed E-state index contributed by atoms with van der Waals surface area (Å²) in [4.78, 5) is 2.22. The Kier molecular flexibility index (Phi) is 8.58. The summed E-state index contributed by atoms with van der Waals surface area (Å²) in [5, 5.41) is 1.02. The van der Waals surface area contributed by atoms with E-state index in [0.717, 1.165) is 46.5 Å². The minimum absolute atomic E-state index is 0.296. The minimum atomic E-state index is 0.296. The number of hydrogen-bond donors (Lipinski definition) is 2. The van der Waals surface area contributed by atoms with Crippen molar-refractivity contribution in [2.75, 3.05) is 37.8 Å². The highest BCUT2D eigenvalue weighted by molar-refractivity contribution is 7.99. The van der Waals surface area contributed by atoms with Crippen LogP contribution in [0.15, 0.2) is 38.8 Å². The Hall–Kier alpha value is -0.240. The summed E-state index contributed by atoms with van der Waals surface area (Å²) < 4.78 is 4.43. The third kappa shape index (κ3) is 6.77. The third-order valence-corrected chi connectivity index (χ3v) is 6.60. The first-order valence-electron chi connectivity index (χ1n) is 7.94. The first-order chi connectivity index (χ1) is 11.9. The van der Waals surface area contributed by atoms with Crippen molar-refractivity contribution in [3.05, 3.63) is 35.4 Å². The molecule has 2 heterocycles. The zero-order valence-corrected chi connectivity index (χ0v) is 18.3. The van der Waals surface area contributed by atoms with Crippen molar-refractivity contribution >= 4 is 70.5 Å². The van der Waals surface area contributed by atoms with Crippen molar-refractivity contribution in [3.8, 4) is 0 Å². The SMILES string of the molecule is CN(C)Sc1ccc(S)s1.Nc1cccc(Cl)c1N1CCC(Cl)CC1. The van der Waals surface area contributed by atoms with E-state index in [9.17, 15) is 0 Å². The summed E-state index contributed by atoms with van der Waals surface area (Å²) in [5.74, 6) is 0. The molecule has 0 aliphatic carbocycles. The number of alkyl halides is 1. The third-order valence-electron chi connectivity index (χ3n) is 3.60. The fraction of sp³-hybridized carbons (Fsp3) is 0.412. The summed E-state index contributed by atoms with van der Waals surface area (Å²) in [6.45, 7) is 1.87. The number of benzene rings is 1. The molecule has 0 bridgehead atoms. The van der Waals surface area contributed by atoms with E-state index in [0.29, 0.717) is 5.38 Å². The van der Waals surface area contributed by atoms with Crippen LogP contribution in [-0.4, -0.2) is 36.9 Å². The molecule has 0 spiro atoms. The van der Waals surface area contributed by atoms with Crippen LogP contribution in [0.1, 0.15) is 12.8 Å². The van der Waals surface area contributed by atoms with Crippen LogP contribution in [0.3, 0.4) is 0 Å². The zero-order valence-electron chi connectivity index (χ0n) is 14.3. The molecule has 2 aromatic rings. The molecule has 0 amide bonds. The Morgan fingerprint density at radius 2 is 1.92 bits per heavy atom. The van der Waals surface area contributed by atoms with Gasteiger partial charge in [0.1, 0.15) is 0 Å². The number of anilines is 2. The van der Waals surface area contributed by atoms with Gasteiger partial charge in [-0.1, -0.05) is 17.7 Å². The fourth-order valence-electron chi connectivity index (χ4n) is 2.48. The van der Waals surface area contributed by atoms with Gasteiger partial charge < -0.3 is 10.6 Å². The summed E-state index contributed by atoms with van der Waals surface area (Å²) in [5.41, 5.74) is 7.63. The second-order valence-electron chi connectivity index (χ2n) is 5.84. The first kappa shape index (κ1) is 21.1. The predicted octanol–water partition coefficient (Wildman–Crippen LogP) is 5.74. The van der Waals surface area contributed by atoms with Gasteiger partial charge in [-0.05, 0) is 63.2 Å². The number of hydrogen-bond acceptors (Lipinski definition) is 6. The average Bonchev–Trinajstić information content (AvgIpc) is 2.94. The second kappa shape index (κ2) is 10.2. The number of nitrogens with zero attached hydrogens (tertiary/aromatic N) is 2. The van der Waals surface area contributed by atoms with Crippen LogP contribution < -0.4 is 10.6 Å². The molecule has 0 atom stereocenters. The zero-order chi connectivity index (χ0) is 18.4. The molecule has 3 rings (SSSR count). The molecule has 2 N–H and O–H groups in total. The highest BCUT2D eigenvalue weighted by atomic mass is 35.5. The highest BCUT2D eigenvalue weighted by Crippen LogP contribution is 2.34. The molecule has 1 aliphatic heterocycles. The van der Waals surface area contributed by atoms with E-state index in [1.165, 1.54) is 4.21 Å². The van der Waals surface area contributed by atoms with E-state index in [1.54, 1.807) is 23.3 Å².